The molecule has 0 atom stereocenters. The maximum atomic E-state index is 12.3. The molecule has 108 valence electrons. The molecule has 0 fully saturated rings. The minimum absolute atomic E-state index is 0.000477. The average Bonchev–Trinajstić information content (AvgIpc) is 2.38. The highest BCUT2D eigenvalue weighted by Gasteiger charge is 2.24. The van der Waals surface area contributed by atoms with Crippen LogP contribution in [0.5, 0.6) is 0 Å². The zero-order chi connectivity index (χ0) is 15.3. The quantitative estimate of drug-likeness (QED) is 0.861. The fourth-order valence-corrected chi connectivity index (χ4v) is 3.15. The first-order chi connectivity index (χ1) is 9.28. The normalized spacial score (nSPS) is 11.3. The van der Waals surface area contributed by atoms with Gasteiger partial charge in [0.1, 0.15) is 11.0 Å². The molecule has 0 bridgehead atoms. The highest BCUT2D eigenvalue weighted by molar-refractivity contribution is 7.89. The number of carboxylic acid groups (broad SMARTS) is 1. The van der Waals surface area contributed by atoms with Crippen LogP contribution in [0.1, 0.15) is 18.4 Å². The summed E-state index contributed by atoms with van der Waals surface area (Å²) in [6.07, 6.45) is 0.0635. The highest BCUT2D eigenvalue weighted by Crippen LogP contribution is 2.23. The number of nitrogens with zero attached hydrogens (tertiary/aromatic N) is 2. The van der Waals surface area contributed by atoms with Crippen molar-refractivity contribution in [3.63, 3.8) is 0 Å². The molecule has 0 aliphatic rings. The van der Waals surface area contributed by atoms with Gasteiger partial charge in [-0.25, -0.2) is 12.7 Å². The molecule has 0 spiro atoms. The predicted octanol–water partition coefficient (Wildman–Crippen LogP) is 1.70. The first-order valence-corrected chi connectivity index (χ1v) is 7.48. The van der Waals surface area contributed by atoms with Gasteiger partial charge in [0, 0.05) is 25.0 Å². The Bertz CT molecular complexity index is 652. The van der Waals surface area contributed by atoms with Crippen molar-refractivity contribution >= 4 is 27.6 Å². The van der Waals surface area contributed by atoms with Gasteiger partial charge in [-0.3, -0.25) is 4.79 Å². The van der Waals surface area contributed by atoms with Crippen LogP contribution in [0.15, 0.2) is 23.1 Å². The van der Waals surface area contributed by atoms with E-state index in [-0.39, 0.29) is 34.9 Å². The fraction of sp³-hybridized carbons (Fsp3) is 0.333. The van der Waals surface area contributed by atoms with E-state index in [2.05, 4.69) is 0 Å². The van der Waals surface area contributed by atoms with Gasteiger partial charge in [-0.05, 0) is 24.6 Å². The monoisotopic (exact) mass is 316 g/mol. The molecule has 0 saturated heterocycles. The summed E-state index contributed by atoms with van der Waals surface area (Å²) < 4.78 is 25.6. The molecule has 0 saturated carbocycles. The molecule has 0 aliphatic heterocycles. The van der Waals surface area contributed by atoms with Gasteiger partial charge in [-0.1, -0.05) is 11.6 Å². The number of hydrogen-bond acceptors (Lipinski definition) is 4. The lowest BCUT2D eigenvalue weighted by atomic mass is 10.2. The summed E-state index contributed by atoms with van der Waals surface area (Å²) in [4.78, 5) is 10.2. The van der Waals surface area contributed by atoms with Crippen LogP contribution in [0.3, 0.4) is 0 Å². The second-order valence-corrected chi connectivity index (χ2v) is 6.53. The van der Waals surface area contributed by atoms with Crippen LogP contribution in [-0.2, 0) is 14.8 Å². The Balaban J connectivity index is 3.02. The number of hydrogen-bond donors (Lipinski definition) is 1. The van der Waals surface area contributed by atoms with Crippen LogP contribution < -0.4 is 0 Å². The van der Waals surface area contributed by atoms with Gasteiger partial charge >= 0.3 is 5.97 Å². The predicted molar refractivity (Wildman–Crippen MR) is 72.9 cm³/mol. The lowest BCUT2D eigenvalue weighted by molar-refractivity contribution is -0.137. The molecule has 0 aliphatic carbocycles. The standard InChI is InChI=1S/C12H13ClN2O4S/c1-15(6-2-3-12(16)17)20(18,19)11-7-10(13)5-4-9(11)8-14/h4-5,7H,2-3,6H2,1H3,(H,16,17). The van der Waals surface area contributed by atoms with Crippen molar-refractivity contribution in [2.45, 2.75) is 17.7 Å². The largest absolute Gasteiger partial charge is 0.481 e. The van der Waals surface area contributed by atoms with Crippen LogP contribution in [0.25, 0.3) is 0 Å². The molecule has 0 radical (unpaired) electrons. The lowest BCUT2D eigenvalue weighted by Gasteiger charge is -2.17. The van der Waals surface area contributed by atoms with E-state index in [1.54, 1.807) is 6.07 Å². The molecule has 1 N–H and O–H groups in total. The number of aliphatic carboxylic acids is 1. The van der Waals surface area contributed by atoms with Gasteiger partial charge in [0.05, 0.1) is 5.56 Å². The molecular weight excluding hydrogens is 304 g/mol. The number of benzene rings is 1. The van der Waals surface area contributed by atoms with E-state index in [9.17, 15) is 13.2 Å². The summed E-state index contributed by atoms with van der Waals surface area (Å²) in [5.74, 6) is -0.990. The fourth-order valence-electron chi connectivity index (χ4n) is 1.54. The first kappa shape index (κ1) is 16.4. The Hall–Kier alpha value is -1.62. The molecule has 8 heteroatoms. The number of nitriles is 1. The van der Waals surface area contributed by atoms with Crippen molar-refractivity contribution < 1.29 is 18.3 Å². The smallest absolute Gasteiger partial charge is 0.303 e. The van der Waals surface area contributed by atoms with Crippen molar-refractivity contribution in [2.24, 2.45) is 0 Å². The maximum absolute atomic E-state index is 12.3. The van der Waals surface area contributed by atoms with Crippen LogP contribution in [0.2, 0.25) is 5.02 Å². The van der Waals surface area contributed by atoms with Gasteiger partial charge < -0.3 is 5.11 Å². The van der Waals surface area contributed by atoms with E-state index in [0.29, 0.717) is 0 Å². The second kappa shape index (κ2) is 6.70. The molecular formula is C12H13ClN2O4S. The first-order valence-electron chi connectivity index (χ1n) is 5.67. The SMILES string of the molecule is CN(CCCC(=O)O)S(=O)(=O)c1cc(Cl)ccc1C#N. The molecule has 20 heavy (non-hydrogen) atoms. The van der Waals surface area contributed by atoms with Gasteiger partial charge in [0.15, 0.2) is 0 Å². The van der Waals surface area contributed by atoms with Crippen molar-refractivity contribution in [1.82, 2.24) is 4.31 Å². The second-order valence-electron chi connectivity index (χ2n) is 4.08. The van der Waals surface area contributed by atoms with E-state index in [0.717, 1.165) is 4.31 Å². The summed E-state index contributed by atoms with van der Waals surface area (Å²) in [5.41, 5.74) is -0.000477. The van der Waals surface area contributed by atoms with Crippen LogP contribution in [0.4, 0.5) is 0 Å². The third-order valence-corrected chi connectivity index (χ3v) is 4.75. The Morgan fingerprint density at radius 2 is 2.15 bits per heavy atom. The molecule has 1 rings (SSSR count). The van der Waals surface area contributed by atoms with Crippen LogP contribution in [-0.4, -0.2) is 37.4 Å². The number of sulfonamides is 1. The van der Waals surface area contributed by atoms with Crippen LogP contribution >= 0.6 is 11.6 Å². The number of carboxylic acids is 1. The van der Waals surface area contributed by atoms with E-state index < -0.39 is 16.0 Å². The van der Waals surface area contributed by atoms with Crippen molar-refractivity contribution in [3.05, 3.63) is 28.8 Å². The minimum Gasteiger partial charge on any atom is -0.481 e. The van der Waals surface area contributed by atoms with Crippen molar-refractivity contribution in [3.8, 4) is 6.07 Å². The van der Waals surface area contributed by atoms with E-state index in [1.807, 2.05) is 0 Å². The highest BCUT2D eigenvalue weighted by atomic mass is 35.5. The number of rotatable bonds is 6. The topological polar surface area (TPSA) is 98.5 Å². The van der Waals surface area contributed by atoms with E-state index >= 15 is 0 Å². The summed E-state index contributed by atoms with van der Waals surface area (Å²) in [6.45, 7) is 0.0476. The lowest BCUT2D eigenvalue weighted by Crippen LogP contribution is -2.29. The Morgan fingerprint density at radius 3 is 2.70 bits per heavy atom. The number of halogens is 1. The third-order valence-electron chi connectivity index (χ3n) is 2.62. The average molecular weight is 317 g/mol. The zero-order valence-corrected chi connectivity index (χ0v) is 12.3. The van der Waals surface area contributed by atoms with Crippen molar-refractivity contribution in [1.29, 1.82) is 5.26 Å². The summed E-state index contributed by atoms with van der Waals surface area (Å²) >= 11 is 5.76. The van der Waals surface area contributed by atoms with Crippen molar-refractivity contribution in [2.75, 3.05) is 13.6 Å². The molecule has 0 amide bonds. The molecule has 6 nitrogen and oxygen atoms in total. The van der Waals surface area contributed by atoms with Gasteiger partial charge in [0.25, 0.3) is 0 Å². The molecule has 1 aromatic carbocycles. The van der Waals surface area contributed by atoms with Gasteiger partial charge in [-0.2, -0.15) is 5.26 Å². The van der Waals surface area contributed by atoms with Gasteiger partial charge in [0.2, 0.25) is 10.0 Å². The van der Waals surface area contributed by atoms with E-state index in [4.69, 9.17) is 22.0 Å². The molecule has 0 aromatic heterocycles. The van der Waals surface area contributed by atoms with E-state index in [1.165, 1.54) is 25.2 Å². The maximum Gasteiger partial charge on any atom is 0.303 e. The minimum atomic E-state index is -3.87. The summed E-state index contributed by atoms with van der Waals surface area (Å²) in [7, 11) is -2.54. The Labute approximate surface area is 122 Å². The summed E-state index contributed by atoms with van der Waals surface area (Å²) in [5, 5.41) is 17.7. The molecule has 0 unspecified atom stereocenters. The van der Waals surface area contributed by atoms with Crippen LogP contribution in [0, 0.1) is 11.3 Å². The van der Waals surface area contributed by atoms with Gasteiger partial charge in [-0.15, -0.1) is 0 Å². The number of carbonyl (C=O) groups is 1. The zero-order valence-electron chi connectivity index (χ0n) is 10.7. The Kier molecular flexibility index (Phi) is 5.51. The summed E-state index contributed by atoms with van der Waals surface area (Å²) in [6, 6.07) is 5.78. The molecule has 0 heterocycles. The third kappa shape index (κ3) is 3.93. The molecule has 1 aromatic rings. The Morgan fingerprint density at radius 1 is 1.50 bits per heavy atom.